The Labute approximate surface area is 208 Å². The number of nitrogen functional groups attached to an aromatic ring is 1. The third-order valence-electron chi connectivity index (χ3n) is 7.51. The van der Waals surface area contributed by atoms with E-state index in [1.54, 1.807) is 17.0 Å². The number of furan rings is 1. The molecule has 4 atom stereocenters. The number of halogens is 1. The van der Waals surface area contributed by atoms with Gasteiger partial charge < -0.3 is 30.2 Å². The van der Waals surface area contributed by atoms with Crippen molar-refractivity contribution < 1.29 is 19.1 Å². The minimum Gasteiger partial charge on any atom is -0.456 e. The van der Waals surface area contributed by atoms with Crippen molar-refractivity contribution in [3.8, 4) is 11.3 Å². The fourth-order valence-corrected chi connectivity index (χ4v) is 5.45. The van der Waals surface area contributed by atoms with E-state index in [0.717, 1.165) is 11.8 Å². The number of rotatable bonds is 5. The molecule has 9 nitrogen and oxygen atoms in total. The van der Waals surface area contributed by atoms with Gasteiger partial charge in [0.2, 0.25) is 5.95 Å². The summed E-state index contributed by atoms with van der Waals surface area (Å²) in [7, 11) is 0. The molecule has 1 saturated carbocycles. The molecule has 0 spiro atoms. The Hall–Kier alpha value is -2.88. The molecule has 0 bridgehead atoms. The molecule has 1 amide bonds. The zero-order chi connectivity index (χ0) is 24.7. The molecule has 1 aliphatic carbocycles. The summed E-state index contributed by atoms with van der Waals surface area (Å²) in [5.74, 6) is 1.91. The lowest BCUT2D eigenvalue weighted by Crippen LogP contribution is -2.40. The minimum absolute atomic E-state index is 0.0306. The van der Waals surface area contributed by atoms with Crippen molar-refractivity contribution in [1.82, 2.24) is 14.9 Å². The van der Waals surface area contributed by atoms with Gasteiger partial charge in [-0.05, 0) is 48.4 Å². The number of hydrogen-bond acceptors (Lipinski definition) is 8. The van der Waals surface area contributed by atoms with Gasteiger partial charge in [-0.1, -0.05) is 25.4 Å². The molecule has 3 heterocycles. The minimum atomic E-state index is -0.0306. The highest BCUT2D eigenvalue weighted by Crippen LogP contribution is 2.41. The van der Waals surface area contributed by atoms with E-state index >= 15 is 0 Å². The number of nitrogens with zero attached hydrogens (tertiary/aromatic N) is 3. The second-order valence-electron chi connectivity index (χ2n) is 9.51. The molecule has 1 saturated heterocycles. The van der Waals surface area contributed by atoms with Crippen molar-refractivity contribution in [3.63, 3.8) is 0 Å². The first-order valence-corrected chi connectivity index (χ1v) is 12.3. The molecule has 35 heavy (non-hydrogen) atoms. The monoisotopic (exact) mass is 499 g/mol. The van der Waals surface area contributed by atoms with E-state index in [9.17, 15) is 9.90 Å². The fraction of sp³-hybridized carbons (Fsp3) is 0.480. The van der Waals surface area contributed by atoms with Crippen LogP contribution in [0.2, 0.25) is 5.15 Å². The van der Waals surface area contributed by atoms with Crippen LogP contribution < -0.4 is 11.1 Å². The van der Waals surface area contributed by atoms with Crippen LogP contribution >= 0.6 is 11.6 Å². The molecule has 186 valence electrons. The number of aliphatic hydroxyl groups is 1. The number of anilines is 2. The summed E-state index contributed by atoms with van der Waals surface area (Å²) in [6, 6.07) is 7.32. The first-order chi connectivity index (χ1) is 16.9. The van der Waals surface area contributed by atoms with E-state index in [4.69, 9.17) is 26.5 Å². The van der Waals surface area contributed by atoms with Gasteiger partial charge in [-0.15, -0.1) is 0 Å². The standard InChI is InChI=1S/C25H30ClN5O4/c1-13-14(2)18(10-17(13)12-32)28-23-21(22(26)29-25(27)30-23)20-11-16-9-15(3-4-19(16)35-20)24(33)31-5-7-34-8-6-31/h3-4,9,11,13-14,17-18,32H,5-8,10,12H2,1-2H3,(H3,27,28,29,30)/t13-,14+,17+,18+/m0/s1. The van der Waals surface area contributed by atoms with Gasteiger partial charge in [0, 0.05) is 36.7 Å². The number of aliphatic hydroxyl groups excluding tert-OH is 1. The van der Waals surface area contributed by atoms with E-state index in [0.29, 0.717) is 66.4 Å². The van der Waals surface area contributed by atoms with Crippen molar-refractivity contribution in [1.29, 1.82) is 0 Å². The topological polar surface area (TPSA) is 127 Å². The predicted molar refractivity (Wildman–Crippen MR) is 134 cm³/mol. The van der Waals surface area contributed by atoms with Crippen molar-refractivity contribution in [2.24, 2.45) is 17.8 Å². The number of morpholine rings is 1. The van der Waals surface area contributed by atoms with E-state index in [2.05, 4.69) is 29.1 Å². The van der Waals surface area contributed by atoms with Gasteiger partial charge >= 0.3 is 0 Å². The number of fused-ring (bicyclic) bond motifs is 1. The zero-order valence-corrected chi connectivity index (χ0v) is 20.6. The summed E-state index contributed by atoms with van der Waals surface area (Å²) in [6.45, 7) is 6.73. The van der Waals surface area contributed by atoms with Gasteiger partial charge in [0.1, 0.15) is 22.3 Å². The Balaban J connectivity index is 1.48. The SMILES string of the molecule is C[C@@H]1[C@@H](CO)C[C@@H](Nc2nc(N)nc(Cl)c2-c2cc3cc(C(=O)N4CCOCC4)ccc3o2)[C@@H]1C. The summed E-state index contributed by atoms with van der Waals surface area (Å²) >= 11 is 6.54. The van der Waals surface area contributed by atoms with Crippen LogP contribution in [-0.4, -0.2) is 64.8 Å². The lowest BCUT2D eigenvalue weighted by molar-refractivity contribution is 0.0303. The summed E-state index contributed by atoms with van der Waals surface area (Å²) in [5, 5.41) is 14.2. The van der Waals surface area contributed by atoms with Gasteiger partial charge in [0.05, 0.1) is 18.8 Å². The average molecular weight is 500 g/mol. The normalized spacial score (nSPS) is 24.7. The average Bonchev–Trinajstić information content (AvgIpc) is 3.39. The number of benzene rings is 1. The largest absolute Gasteiger partial charge is 0.456 e. The molecule has 0 unspecified atom stereocenters. The molecule has 4 N–H and O–H groups in total. The van der Waals surface area contributed by atoms with Crippen LogP contribution in [0, 0.1) is 17.8 Å². The van der Waals surface area contributed by atoms with E-state index in [1.807, 2.05) is 12.1 Å². The Morgan fingerprint density at radius 3 is 2.71 bits per heavy atom. The predicted octanol–water partition coefficient (Wildman–Crippen LogP) is 3.66. The van der Waals surface area contributed by atoms with Crippen molar-refractivity contribution >= 4 is 40.2 Å². The molecule has 1 aliphatic heterocycles. The zero-order valence-electron chi connectivity index (χ0n) is 19.8. The van der Waals surface area contributed by atoms with Gasteiger partial charge in [-0.25, -0.2) is 4.98 Å². The lowest BCUT2D eigenvalue weighted by atomic mass is 9.92. The Morgan fingerprint density at radius 1 is 1.23 bits per heavy atom. The van der Waals surface area contributed by atoms with Crippen LogP contribution in [0.1, 0.15) is 30.6 Å². The van der Waals surface area contributed by atoms with Crippen LogP contribution in [0.4, 0.5) is 11.8 Å². The summed E-state index contributed by atoms with van der Waals surface area (Å²) in [5.41, 5.74) is 7.66. The molecule has 2 fully saturated rings. The molecule has 2 aliphatic rings. The molecule has 2 aromatic heterocycles. The number of nitrogens with two attached hydrogens (primary N) is 1. The Kier molecular flexibility index (Phi) is 6.57. The van der Waals surface area contributed by atoms with Crippen LogP contribution in [0.25, 0.3) is 22.3 Å². The maximum absolute atomic E-state index is 12.9. The molecule has 1 aromatic carbocycles. The van der Waals surface area contributed by atoms with E-state index in [1.165, 1.54) is 0 Å². The first-order valence-electron chi connectivity index (χ1n) is 12.0. The Morgan fingerprint density at radius 2 is 2.00 bits per heavy atom. The summed E-state index contributed by atoms with van der Waals surface area (Å²) in [6.07, 6.45) is 0.812. The number of carbonyl (C=O) groups excluding carboxylic acids is 1. The number of ether oxygens (including phenoxy) is 1. The van der Waals surface area contributed by atoms with Crippen molar-refractivity contribution in [2.45, 2.75) is 26.3 Å². The quantitative estimate of drug-likeness (QED) is 0.454. The highest BCUT2D eigenvalue weighted by molar-refractivity contribution is 6.32. The number of nitrogens with one attached hydrogen (secondary N) is 1. The lowest BCUT2D eigenvalue weighted by Gasteiger charge is -2.26. The van der Waals surface area contributed by atoms with Gasteiger partial charge in [0.25, 0.3) is 5.91 Å². The van der Waals surface area contributed by atoms with Gasteiger partial charge in [-0.3, -0.25) is 4.79 Å². The second kappa shape index (κ2) is 9.64. The molecule has 5 rings (SSSR count). The second-order valence-corrected chi connectivity index (χ2v) is 9.87. The highest BCUT2D eigenvalue weighted by Gasteiger charge is 2.38. The third-order valence-corrected chi connectivity index (χ3v) is 7.78. The molecular weight excluding hydrogens is 470 g/mol. The van der Waals surface area contributed by atoms with E-state index in [-0.39, 0.29) is 35.6 Å². The van der Waals surface area contributed by atoms with Gasteiger partial charge in [-0.2, -0.15) is 4.98 Å². The van der Waals surface area contributed by atoms with Gasteiger partial charge in [0.15, 0.2) is 0 Å². The van der Waals surface area contributed by atoms with Crippen LogP contribution in [-0.2, 0) is 4.74 Å². The number of aromatic nitrogens is 2. The summed E-state index contributed by atoms with van der Waals surface area (Å²) in [4.78, 5) is 23.3. The Bertz CT molecular complexity index is 1240. The van der Waals surface area contributed by atoms with Crippen LogP contribution in [0.5, 0.6) is 0 Å². The van der Waals surface area contributed by atoms with Crippen molar-refractivity contribution in [2.75, 3.05) is 44.0 Å². The first kappa shape index (κ1) is 23.8. The molecule has 3 aromatic rings. The molecular formula is C25H30ClN5O4. The van der Waals surface area contributed by atoms with Crippen molar-refractivity contribution in [3.05, 3.63) is 35.0 Å². The third kappa shape index (κ3) is 4.55. The fourth-order valence-electron chi connectivity index (χ4n) is 5.18. The van der Waals surface area contributed by atoms with E-state index < -0.39 is 0 Å². The highest BCUT2D eigenvalue weighted by atomic mass is 35.5. The smallest absolute Gasteiger partial charge is 0.254 e. The molecule has 10 heteroatoms. The van der Waals surface area contributed by atoms with Crippen LogP contribution in [0.3, 0.4) is 0 Å². The molecule has 0 radical (unpaired) electrons. The number of carbonyl (C=O) groups is 1. The number of amides is 1. The maximum Gasteiger partial charge on any atom is 0.254 e. The number of hydrogen-bond donors (Lipinski definition) is 3. The maximum atomic E-state index is 12.9. The summed E-state index contributed by atoms with van der Waals surface area (Å²) < 4.78 is 11.5. The van der Waals surface area contributed by atoms with Crippen LogP contribution in [0.15, 0.2) is 28.7 Å².